The van der Waals surface area contributed by atoms with Gasteiger partial charge in [0, 0.05) is 47.4 Å². The van der Waals surface area contributed by atoms with Crippen LogP contribution in [0.3, 0.4) is 0 Å². The molecule has 1 saturated heterocycles. The van der Waals surface area contributed by atoms with Crippen molar-refractivity contribution in [3.05, 3.63) is 53.5 Å². The lowest BCUT2D eigenvalue weighted by molar-refractivity contribution is -0.113. The minimum Gasteiger partial charge on any atom is -0.481 e. The maximum Gasteiger partial charge on any atom is 0.234 e. The van der Waals surface area contributed by atoms with E-state index in [0.29, 0.717) is 41.5 Å². The molecule has 35 heavy (non-hydrogen) atoms. The van der Waals surface area contributed by atoms with E-state index < -0.39 is 6.10 Å². The van der Waals surface area contributed by atoms with E-state index in [0.717, 1.165) is 41.9 Å². The number of aliphatic hydroxyl groups excluding tert-OH is 1. The maximum absolute atomic E-state index is 14.5. The summed E-state index contributed by atoms with van der Waals surface area (Å²) in [5.41, 5.74) is 3.35. The average molecular weight is 498 g/mol. The molecule has 0 saturated carbocycles. The van der Waals surface area contributed by atoms with Crippen LogP contribution in [0.1, 0.15) is 30.1 Å². The molecule has 184 valence electrons. The van der Waals surface area contributed by atoms with E-state index in [1.54, 1.807) is 25.4 Å². The molecule has 0 unspecified atom stereocenters. The number of amides is 1. The Morgan fingerprint density at radius 3 is 2.94 bits per heavy atom. The first kappa shape index (κ1) is 23.9. The number of halogens is 1. The second kappa shape index (κ2) is 10.4. The smallest absolute Gasteiger partial charge is 0.234 e. The average Bonchev–Trinajstić information content (AvgIpc) is 2.87. The number of β-amino-alcohol motifs (C(OH)–C–C–N with tert-alkyl or cyclic N) is 1. The molecule has 0 radical (unpaired) electrons. The number of thioether (sulfide) groups is 1. The topological polar surface area (TPSA) is 99.6 Å². The van der Waals surface area contributed by atoms with Crippen molar-refractivity contribution in [1.29, 1.82) is 0 Å². The van der Waals surface area contributed by atoms with Gasteiger partial charge in [-0.25, -0.2) is 9.37 Å². The number of hydrogen-bond acceptors (Lipinski definition) is 8. The first-order valence-corrected chi connectivity index (χ1v) is 12.7. The van der Waals surface area contributed by atoms with Crippen molar-refractivity contribution in [3.63, 3.8) is 0 Å². The van der Waals surface area contributed by atoms with Gasteiger partial charge >= 0.3 is 0 Å². The first-order valence-electron chi connectivity index (χ1n) is 11.7. The van der Waals surface area contributed by atoms with Crippen LogP contribution in [0, 0.1) is 5.82 Å². The van der Waals surface area contributed by atoms with E-state index in [4.69, 9.17) is 4.74 Å². The van der Waals surface area contributed by atoms with E-state index >= 15 is 0 Å². The molecule has 3 N–H and O–H groups in total. The molecule has 1 atom stereocenters. The molecule has 1 amide bonds. The summed E-state index contributed by atoms with van der Waals surface area (Å²) in [6.45, 7) is 2.56. The van der Waals surface area contributed by atoms with E-state index in [-0.39, 0.29) is 17.8 Å². The van der Waals surface area contributed by atoms with Crippen molar-refractivity contribution in [1.82, 2.24) is 20.2 Å². The van der Waals surface area contributed by atoms with Crippen LogP contribution >= 0.6 is 11.8 Å². The van der Waals surface area contributed by atoms with Crippen molar-refractivity contribution < 1.29 is 19.0 Å². The van der Waals surface area contributed by atoms with Gasteiger partial charge in [-0.2, -0.15) is 0 Å². The fraction of sp³-hybridized carbons (Fsp3) is 0.400. The quantitative estimate of drug-likeness (QED) is 0.458. The fourth-order valence-corrected chi connectivity index (χ4v) is 5.42. The number of piperidine rings is 1. The molecule has 0 bridgehead atoms. The molecule has 0 aliphatic carbocycles. The minimum atomic E-state index is -0.692. The van der Waals surface area contributed by atoms with Crippen molar-refractivity contribution >= 4 is 34.4 Å². The van der Waals surface area contributed by atoms with Crippen molar-refractivity contribution in [2.24, 2.45) is 0 Å². The molecule has 0 spiro atoms. The third-order valence-electron chi connectivity index (χ3n) is 6.54. The number of pyridine rings is 2. The predicted molar refractivity (Wildman–Crippen MR) is 133 cm³/mol. The number of nitrogens with zero attached hydrogens (tertiary/aromatic N) is 3. The zero-order valence-electron chi connectivity index (χ0n) is 19.5. The van der Waals surface area contributed by atoms with Gasteiger partial charge in [0.2, 0.25) is 11.8 Å². The van der Waals surface area contributed by atoms with Crippen LogP contribution in [0.25, 0.3) is 11.0 Å². The lowest BCUT2D eigenvalue weighted by Crippen LogP contribution is -2.43. The molecule has 2 aliphatic rings. The van der Waals surface area contributed by atoms with Gasteiger partial charge in [0.1, 0.15) is 5.82 Å². The Kier molecular flexibility index (Phi) is 7.14. The van der Waals surface area contributed by atoms with Gasteiger partial charge in [-0.05, 0) is 50.2 Å². The van der Waals surface area contributed by atoms with Crippen LogP contribution in [0.5, 0.6) is 5.88 Å². The summed E-state index contributed by atoms with van der Waals surface area (Å²) in [6, 6.07) is 8.90. The Hall–Kier alpha value is -2.79. The summed E-state index contributed by atoms with van der Waals surface area (Å²) < 4.78 is 19.8. The first-order chi connectivity index (χ1) is 17.0. The van der Waals surface area contributed by atoms with E-state index in [9.17, 15) is 14.3 Å². The fourth-order valence-electron chi connectivity index (χ4n) is 4.61. The summed E-state index contributed by atoms with van der Waals surface area (Å²) in [5, 5.41) is 17.2. The number of hydrogen-bond donors (Lipinski definition) is 3. The third kappa shape index (κ3) is 5.40. The molecule has 1 aromatic carbocycles. The number of benzene rings is 1. The highest BCUT2D eigenvalue weighted by Gasteiger charge is 2.24. The van der Waals surface area contributed by atoms with Crippen LogP contribution in [0.2, 0.25) is 0 Å². The van der Waals surface area contributed by atoms with E-state index in [1.165, 1.54) is 17.8 Å². The third-order valence-corrected chi connectivity index (χ3v) is 7.59. The van der Waals surface area contributed by atoms with E-state index in [1.807, 2.05) is 12.1 Å². The molecular weight excluding hydrogens is 469 g/mol. The van der Waals surface area contributed by atoms with E-state index in [2.05, 4.69) is 25.5 Å². The monoisotopic (exact) mass is 497 g/mol. The number of carbonyl (C=O) groups excluding carboxylic acids is 1. The SMILES string of the molecule is COc1ccc2nccc([C@@H](O)CN3CCC(NCc4cc5c(cc4F)SCC(=O)N5)CC3)c2n1. The molecule has 4 heterocycles. The highest BCUT2D eigenvalue weighted by atomic mass is 32.2. The summed E-state index contributed by atoms with van der Waals surface area (Å²) in [7, 11) is 1.57. The second-order valence-corrected chi connectivity index (χ2v) is 9.89. The van der Waals surface area contributed by atoms with Crippen LogP contribution in [-0.2, 0) is 11.3 Å². The maximum atomic E-state index is 14.5. The van der Waals surface area contributed by atoms with Crippen LogP contribution in [0.15, 0.2) is 41.4 Å². The van der Waals surface area contributed by atoms with Gasteiger partial charge in [0.15, 0.2) is 0 Å². The summed E-state index contributed by atoms with van der Waals surface area (Å²) >= 11 is 1.36. The summed E-state index contributed by atoms with van der Waals surface area (Å²) in [5.74, 6) is 0.495. The Balaban J connectivity index is 1.16. The number of aromatic nitrogens is 2. The van der Waals surface area contributed by atoms with Crippen LogP contribution in [-0.4, -0.2) is 64.4 Å². The highest BCUT2D eigenvalue weighted by molar-refractivity contribution is 8.00. The van der Waals surface area contributed by atoms with Crippen LogP contribution in [0.4, 0.5) is 10.1 Å². The standard InChI is InChI=1S/C25H28FN5O3S/c1-34-24-3-2-19-25(30-24)17(4-7-27-19)21(32)13-31-8-5-16(6-9-31)28-12-15-10-20-22(11-18(15)26)35-14-23(33)29-20/h2-4,7,10-11,16,21,28,32H,5-6,8-9,12-14H2,1H3,(H,29,33)/t21-/m0/s1. The molecule has 10 heteroatoms. The van der Waals surface area contributed by atoms with Crippen molar-refractivity contribution in [3.8, 4) is 5.88 Å². The zero-order chi connectivity index (χ0) is 24.4. The normalized spacial score (nSPS) is 17.7. The summed E-state index contributed by atoms with van der Waals surface area (Å²) in [4.78, 5) is 23.5. The number of methoxy groups -OCH3 is 1. The van der Waals surface area contributed by atoms with Gasteiger partial charge in [-0.15, -0.1) is 11.8 Å². The number of rotatable bonds is 7. The molecule has 1 fully saturated rings. The number of aliphatic hydroxyl groups is 1. The Labute approximate surface area is 207 Å². The number of likely N-dealkylation sites (tertiary alicyclic amines) is 1. The van der Waals surface area contributed by atoms with Gasteiger partial charge in [-0.1, -0.05) is 0 Å². The number of ether oxygens (including phenoxy) is 1. The lowest BCUT2D eigenvalue weighted by Gasteiger charge is -2.33. The van der Waals surface area contributed by atoms with Gasteiger partial charge < -0.3 is 25.4 Å². The second-order valence-electron chi connectivity index (χ2n) is 8.87. The minimum absolute atomic E-state index is 0.0581. The lowest BCUT2D eigenvalue weighted by atomic mass is 10.0. The molecular formula is C25H28FN5O3S. The number of fused-ring (bicyclic) bond motifs is 2. The van der Waals surface area contributed by atoms with Gasteiger partial charge in [0.05, 0.1) is 35.7 Å². The number of nitrogens with one attached hydrogen (secondary N) is 2. The predicted octanol–water partition coefficient (Wildman–Crippen LogP) is 3.11. The summed E-state index contributed by atoms with van der Waals surface area (Å²) in [6.07, 6.45) is 2.79. The Morgan fingerprint density at radius 1 is 1.31 bits per heavy atom. The van der Waals surface area contributed by atoms with Gasteiger partial charge in [-0.3, -0.25) is 9.78 Å². The highest BCUT2D eigenvalue weighted by Crippen LogP contribution is 2.33. The molecule has 3 aromatic rings. The zero-order valence-corrected chi connectivity index (χ0v) is 20.3. The van der Waals surface area contributed by atoms with Crippen molar-refractivity contribution in [2.45, 2.75) is 36.4 Å². The van der Waals surface area contributed by atoms with Crippen LogP contribution < -0.4 is 15.4 Å². The van der Waals surface area contributed by atoms with Gasteiger partial charge in [0.25, 0.3) is 0 Å². The van der Waals surface area contributed by atoms with Crippen molar-refractivity contribution in [2.75, 3.05) is 37.8 Å². The molecule has 5 rings (SSSR count). The number of anilines is 1. The number of carbonyl (C=O) groups is 1. The molecule has 2 aliphatic heterocycles. The molecule has 8 nitrogen and oxygen atoms in total. The Morgan fingerprint density at radius 2 is 2.14 bits per heavy atom. The largest absolute Gasteiger partial charge is 0.481 e. The Bertz CT molecular complexity index is 1240. The molecule has 2 aromatic heterocycles.